The Morgan fingerprint density at radius 2 is 1.79 bits per heavy atom. The Kier molecular flexibility index (Phi) is 7.45. The number of aryl methyl sites for hydroxylation is 1. The molecule has 4 N–H and O–H groups in total. The van der Waals surface area contributed by atoms with Gasteiger partial charge in [0.15, 0.2) is 5.78 Å². The lowest BCUT2D eigenvalue weighted by Gasteiger charge is -2.14. The molecule has 0 amide bonds. The number of carbonyl (C=O) groups excluding carboxylic acids is 1. The molecule has 0 saturated carbocycles. The first-order chi connectivity index (χ1) is 15.7. The number of aromatic nitrogens is 3. The molecule has 170 valence electrons. The Balaban J connectivity index is 0.000000205. The number of carbonyl (C=O) groups is 1. The largest absolute Gasteiger partial charge is 0.383 e. The summed E-state index contributed by atoms with van der Waals surface area (Å²) in [7, 11) is 0. The van der Waals surface area contributed by atoms with Crippen molar-refractivity contribution in [2.75, 3.05) is 11.5 Å². The molecule has 7 nitrogen and oxygen atoms in total. The summed E-state index contributed by atoms with van der Waals surface area (Å²) in [5.41, 5.74) is 12.9. The molecule has 4 rings (SSSR count). The second-order valence-electron chi connectivity index (χ2n) is 7.72. The summed E-state index contributed by atoms with van der Waals surface area (Å²) in [6.45, 7) is 5.63. The van der Waals surface area contributed by atoms with Crippen LogP contribution in [0.3, 0.4) is 0 Å². The molecule has 0 unspecified atom stereocenters. The van der Waals surface area contributed by atoms with Crippen LogP contribution in [0.5, 0.6) is 0 Å². The van der Waals surface area contributed by atoms with Crippen LogP contribution >= 0.6 is 11.6 Å². The molecule has 0 spiro atoms. The lowest BCUT2D eigenvalue weighted by atomic mass is 10.0. The zero-order valence-corrected chi connectivity index (χ0v) is 19.5. The minimum atomic E-state index is -0.116. The van der Waals surface area contributed by atoms with Gasteiger partial charge in [0.2, 0.25) is 5.95 Å². The van der Waals surface area contributed by atoms with E-state index < -0.39 is 0 Å². The number of nitrogens with two attached hydrogens (primary N) is 2. The van der Waals surface area contributed by atoms with Crippen molar-refractivity contribution >= 4 is 39.9 Å². The minimum Gasteiger partial charge on any atom is -0.383 e. The van der Waals surface area contributed by atoms with Crippen LogP contribution in [0.1, 0.15) is 36.8 Å². The molecule has 0 atom stereocenters. The number of hydrogen-bond donors (Lipinski definition) is 2. The zero-order valence-electron chi connectivity index (χ0n) is 18.7. The van der Waals surface area contributed by atoms with Gasteiger partial charge in [-0.05, 0) is 36.1 Å². The fourth-order valence-electron chi connectivity index (χ4n) is 3.40. The van der Waals surface area contributed by atoms with Crippen molar-refractivity contribution in [2.45, 2.75) is 27.2 Å². The van der Waals surface area contributed by atoms with Gasteiger partial charge in [0.25, 0.3) is 5.56 Å². The molecule has 0 aliphatic heterocycles. The fourth-order valence-corrected chi connectivity index (χ4v) is 3.67. The van der Waals surface area contributed by atoms with Gasteiger partial charge in [0, 0.05) is 23.5 Å². The van der Waals surface area contributed by atoms with Crippen LogP contribution in [0.4, 0.5) is 11.8 Å². The number of ketones is 1. The average Bonchev–Trinajstić information content (AvgIpc) is 2.79. The van der Waals surface area contributed by atoms with Crippen molar-refractivity contribution < 1.29 is 4.79 Å². The Labute approximate surface area is 197 Å². The molecule has 4 aromatic rings. The molecule has 33 heavy (non-hydrogen) atoms. The first kappa shape index (κ1) is 23.9. The Hall–Kier alpha value is -3.71. The van der Waals surface area contributed by atoms with Gasteiger partial charge >= 0.3 is 0 Å². The van der Waals surface area contributed by atoms with E-state index in [9.17, 15) is 9.59 Å². The number of hydrogen-bond acceptors (Lipinski definition) is 6. The first-order valence-electron chi connectivity index (χ1n) is 10.5. The lowest BCUT2D eigenvalue weighted by molar-refractivity contribution is 0.0939. The molecule has 0 fully saturated rings. The number of anilines is 2. The van der Waals surface area contributed by atoms with Crippen LogP contribution in [0.15, 0.2) is 65.6 Å². The summed E-state index contributed by atoms with van der Waals surface area (Å²) in [6, 6.07) is 17.3. The quantitative estimate of drug-likeness (QED) is 0.424. The van der Waals surface area contributed by atoms with E-state index in [0.717, 1.165) is 23.2 Å². The highest BCUT2D eigenvalue weighted by molar-refractivity contribution is 6.35. The van der Waals surface area contributed by atoms with Crippen molar-refractivity contribution in [3.8, 4) is 5.69 Å². The zero-order chi connectivity index (χ0) is 24.1. The summed E-state index contributed by atoms with van der Waals surface area (Å²) < 4.78 is 1.74. The molecule has 0 aliphatic rings. The number of halogens is 1. The highest BCUT2D eigenvalue weighted by atomic mass is 35.5. The molecular formula is C25H26ClN5O2. The third-order valence-corrected chi connectivity index (χ3v) is 5.39. The fraction of sp³-hybridized carbons (Fsp3) is 0.200. The monoisotopic (exact) mass is 463 g/mol. The molecule has 2 aromatic heterocycles. The Morgan fingerprint density at radius 1 is 1.09 bits per heavy atom. The number of fused-ring (bicyclic) bond motifs is 1. The van der Waals surface area contributed by atoms with E-state index in [1.54, 1.807) is 24.5 Å². The van der Waals surface area contributed by atoms with E-state index in [2.05, 4.69) is 9.97 Å². The van der Waals surface area contributed by atoms with E-state index in [-0.39, 0.29) is 29.0 Å². The van der Waals surface area contributed by atoms with Gasteiger partial charge in [0.1, 0.15) is 5.82 Å². The van der Waals surface area contributed by atoms with Gasteiger partial charge in [-0.25, -0.2) is 4.98 Å². The molecule has 0 saturated heterocycles. The Morgan fingerprint density at radius 3 is 2.39 bits per heavy atom. The normalized spacial score (nSPS) is 10.7. The molecule has 0 bridgehead atoms. The van der Waals surface area contributed by atoms with Crippen molar-refractivity contribution in [1.82, 2.24) is 14.5 Å². The topological polar surface area (TPSA) is 117 Å². The lowest BCUT2D eigenvalue weighted by Crippen LogP contribution is -2.22. The summed E-state index contributed by atoms with van der Waals surface area (Å²) in [4.78, 5) is 31.7. The number of Topliss-reactive ketones (excluding diaryl/α,β-unsaturated/α-hetero) is 1. The van der Waals surface area contributed by atoms with Crippen LogP contribution < -0.4 is 17.0 Å². The van der Waals surface area contributed by atoms with Crippen LogP contribution in [0.2, 0.25) is 5.02 Å². The third-order valence-electron chi connectivity index (χ3n) is 5.08. The number of rotatable bonds is 4. The standard InChI is InChI=1S/C17H14ClNO.C8H12N4O/c1-2-13-11-12-7-6-10-15(18)16(12)17(20)19(13)14-8-4-3-5-9-14;1-4(2)6(13)5-3-11-8(10)12-7(5)9/h3-11H,2H2,1H3;3-4H,1-2H3,(H4,9,10,11,12). The predicted octanol–water partition coefficient (Wildman–Crippen LogP) is 4.69. The minimum absolute atomic E-state index is 0.0591. The van der Waals surface area contributed by atoms with Gasteiger partial charge in [-0.15, -0.1) is 0 Å². The van der Waals surface area contributed by atoms with E-state index in [1.807, 2.05) is 55.5 Å². The maximum atomic E-state index is 12.8. The number of benzene rings is 2. The highest BCUT2D eigenvalue weighted by Crippen LogP contribution is 2.22. The maximum Gasteiger partial charge on any atom is 0.264 e. The van der Waals surface area contributed by atoms with Crippen molar-refractivity contribution in [3.05, 3.63) is 87.4 Å². The van der Waals surface area contributed by atoms with Crippen LogP contribution in [-0.2, 0) is 6.42 Å². The Bertz CT molecular complexity index is 1350. The van der Waals surface area contributed by atoms with E-state index in [4.69, 9.17) is 23.1 Å². The van der Waals surface area contributed by atoms with E-state index in [0.29, 0.717) is 16.0 Å². The molecular weight excluding hydrogens is 438 g/mol. The molecule has 2 heterocycles. The highest BCUT2D eigenvalue weighted by Gasteiger charge is 2.15. The average molecular weight is 464 g/mol. The summed E-state index contributed by atoms with van der Waals surface area (Å²) >= 11 is 6.20. The molecule has 8 heteroatoms. The van der Waals surface area contributed by atoms with Crippen molar-refractivity contribution in [3.63, 3.8) is 0 Å². The second-order valence-corrected chi connectivity index (χ2v) is 8.12. The van der Waals surface area contributed by atoms with Gasteiger partial charge in [-0.1, -0.05) is 62.7 Å². The number of nitrogen functional groups attached to an aromatic ring is 2. The summed E-state index contributed by atoms with van der Waals surface area (Å²) in [5, 5.41) is 1.97. The van der Waals surface area contributed by atoms with Crippen molar-refractivity contribution in [2.24, 2.45) is 5.92 Å². The van der Waals surface area contributed by atoms with Crippen LogP contribution in [0.25, 0.3) is 16.5 Å². The van der Waals surface area contributed by atoms with Gasteiger partial charge < -0.3 is 11.5 Å². The third kappa shape index (κ3) is 5.21. The van der Waals surface area contributed by atoms with Gasteiger partial charge in [-0.3, -0.25) is 14.2 Å². The maximum absolute atomic E-state index is 12.8. The van der Waals surface area contributed by atoms with Crippen LogP contribution in [-0.4, -0.2) is 20.3 Å². The summed E-state index contributed by atoms with van der Waals surface area (Å²) in [6.07, 6.45) is 2.15. The van der Waals surface area contributed by atoms with Gasteiger partial charge in [0.05, 0.1) is 16.0 Å². The molecule has 0 aliphatic carbocycles. The van der Waals surface area contributed by atoms with Crippen LogP contribution in [0, 0.1) is 5.92 Å². The smallest absolute Gasteiger partial charge is 0.264 e. The SMILES string of the molecule is CC(C)C(=O)c1cnc(N)nc1N.CCc1cc2cccc(Cl)c2c(=O)n1-c1ccccc1. The van der Waals surface area contributed by atoms with E-state index in [1.165, 1.54) is 6.20 Å². The number of nitrogens with zero attached hydrogens (tertiary/aromatic N) is 3. The first-order valence-corrected chi connectivity index (χ1v) is 10.9. The number of pyridine rings is 1. The molecule has 2 aromatic carbocycles. The summed E-state index contributed by atoms with van der Waals surface area (Å²) in [5.74, 6) is 0.0380. The van der Waals surface area contributed by atoms with Crippen molar-refractivity contribution in [1.29, 1.82) is 0 Å². The van der Waals surface area contributed by atoms with E-state index >= 15 is 0 Å². The second kappa shape index (κ2) is 10.3. The number of para-hydroxylation sites is 1. The van der Waals surface area contributed by atoms with Gasteiger partial charge in [-0.2, -0.15) is 4.98 Å². The predicted molar refractivity (Wildman–Crippen MR) is 134 cm³/mol. The molecule has 0 radical (unpaired) electrons.